The van der Waals surface area contributed by atoms with Gasteiger partial charge in [-0.3, -0.25) is 4.79 Å². The Morgan fingerprint density at radius 3 is 2.26 bits per heavy atom. The lowest BCUT2D eigenvalue weighted by molar-refractivity contribution is -0.162. The van der Waals surface area contributed by atoms with Crippen LogP contribution in [0.3, 0.4) is 0 Å². The van der Waals surface area contributed by atoms with Crippen molar-refractivity contribution in [2.24, 2.45) is 0 Å². The van der Waals surface area contributed by atoms with Crippen LogP contribution >= 0.6 is 0 Å². The van der Waals surface area contributed by atoms with Gasteiger partial charge >= 0.3 is 5.97 Å². The molecule has 0 radical (unpaired) electrons. The van der Waals surface area contributed by atoms with Crippen molar-refractivity contribution >= 4 is 17.6 Å². The molecule has 2 rings (SSSR count). The molecule has 0 unspecified atom stereocenters. The molecular formula is C18H19NO4. The van der Waals surface area contributed by atoms with E-state index in [1.165, 1.54) is 6.92 Å². The minimum absolute atomic E-state index is 0.420. The van der Waals surface area contributed by atoms with E-state index >= 15 is 0 Å². The van der Waals surface area contributed by atoms with Crippen molar-refractivity contribution in [2.75, 3.05) is 5.32 Å². The molecule has 2 aromatic carbocycles. The van der Waals surface area contributed by atoms with Crippen LogP contribution in [0.25, 0.3) is 0 Å². The number of anilines is 1. The van der Waals surface area contributed by atoms with Crippen molar-refractivity contribution in [1.29, 1.82) is 0 Å². The summed E-state index contributed by atoms with van der Waals surface area (Å²) in [5, 5.41) is 12.6. The molecule has 5 heteroatoms. The fourth-order valence-corrected chi connectivity index (χ4v) is 1.94. The first-order valence-electron chi connectivity index (χ1n) is 7.28. The number of carbonyl (C=O) groups is 2. The highest BCUT2D eigenvalue weighted by atomic mass is 16.6. The van der Waals surface area contributed by atoms with Crippen LogP contribution in [0.1, 0.15) is 24.2 Å². The molecular weight excluding hydrogens is 294 g/mol. The van der Waals surface area contributed by atoms with Crippen molar-refractivity contribution in [3.05, 3.63) is 65.7 Å². The summed E-state index contributed by atoms with van der Waals surface area (Å²) in [5.74, 6) is -1.31. The molecule has 2 atom stereocenters. The van der Waals surface area contributed by atoms with Gasteiger partial charge in [0.1, 0.15) is 0 Å². The van der Waals surface area contributed by atoms with E-state index in [-0.39, 0.29) is 0 Å². The second kappa shape index (κ2) is 7.56. The van der Waals surface area contributed by atoms with E-state index in [4.69, 9.17) is 4.74 Å². The van der Waals surface area contributed by atoms with Crippen LogP contribution in [-0.2, 0) is 14.3 Å². The number of hydrogen-bond acceptors (Lipinski definition) is 4. The fraction of sp³-hybridized carbons (Fsp3) is 0.222. The highest BCUT2D eigenvalue weighted by molar-refractivity contribution is 5.95. The lowest BCUT2D eigenvalue weighted by Gasteiger charge is -2.16. The van der Waals surface area contributed by atoms with Gasteiger partial charge in [-0.15, -0.1) is 0 Å². The molecule has 0 aliphatic heterocycles. The lowest BCUT2D eigenvalue weighted by Crippen LogP contribution is -2.31. The number of benzene rings is 2. The average Bonchev–Trinajstić information content (AvgIpc) is 2.56. The van der Waals surface area contributed by atoms with Gasteiger partial charge in [-0.2, -0.15) is 0 Å². The largest absolute Gasteiger partial charge is 0.450 e. The lowest BCUT2D eigenvalue weighted by atomic mass is 10.1. The first-order chi connectivity index (χ1) is 11.0. The van der Waals surface area contributed by atoms with Crippen molar-refractivity contribution < 1.29 is 19.4 Å². The Morgan fingerprint density at radius 2 is 1.65 bits per heavy atom. The zero-order chi connectivity index (χ0) is 16.8. The predicted octanol–water partition coefficient (Wildman–Crippen LogP) is 2.60. The Balaban J connectivity index is 1.92. The molecule has 0 bridgehead atoms. The summed E-state index contributed by atoms with van der Waals surface area (Å²) in [5.41, 5.74) is 2.12. The number of amides is 1. The third-order valence-corrected chi connectivity index (χ3v) is 3.32. The molecule has 120 valence electrons. The minimum Gasteiger partial charge on any atom is -0.450 e. The quantitative estimate of drug-likeness (QED) is 0.832. The van der Waals surface area contributed by atoms with E-state index in [9.17, 15) is 14.7 Å². The molecule has 0 saturated carbocycles. The average molecular weight is 313 g/mol. The van der Waals surface area contributed by atoms with Gasteiger partial charge in [0.05, 0.1) is 0 Å². The van der Waals surface area contributed by atoms with Crippen molar-refractivity contribution in [3.63, 3.8) is 0 Å². The Morgan fingerprint density at radius 1 is 1.04 bits per heavy atom. The summed E-state index contributed by atoms with van der Waals surface area (Å²) in [6.45, 7) is 3.40. The van der Waals surface area contributed by atoms with Gasteiger partial charge in [-0.05, 0) is 31.5 Å². The van der Waals surface area contributed by atoms with Crippen molar-refractivity contribution in [3.8, 4) is 0 Å². The smallest absolute Gasteiger partial charge is 0.340 e. The summed E-state index contributed by atoms with van der Waals surface area (Å²) in [7, 11) is 0. The molecule has 0 saturated heterocycles. The monoisotopic (exact) mass is 313 g/mol. The molecule has 1 amide bonds. The topological polar surface area (TPSA) is 75.6 Å². The van der Waals surface area contributed by atoms with Gasteiger partial charge < -0.3 is 15.2 Å². The Labute approximate surface area is 134 Å². The number of ether oxygens (including phenoxy) is 1. The van der Waals surface area contributed by atoms with E-state index in [2.05, 4.69) is 5.32 Å². The Bertz CT molecular complexity index is 667. The van der Waals surface area contributed by atoms with Crippen LogP contribution in [-0.4, -0.2) is 23.1 Å². The highest BCUT2D eigenvalue weighted by Gasteiger charge is 2.24. The number of aliphatic hydroxyl groups is 1. The standard InChI is InChI=1S/C18H19NO4/c1-12-8-10-15(11-9-12)19-17(21)13(2)23-18(22)16(20)14-6-4-3-5-7-14/h3-11,13,16,20H,1-2H3,(H,19,21)/t13-,16-/m0/s1. The molecule has 0 aliphatic carbocycles. The molecule has 2 N–H and O–H groups in total. The van der Waals surface area contributed by atoms with Crippen LogP contribution in [0.5, 0.6) is 0 Å². The van der Waals surface area contributed by atoms with E-state index < -0.39 is 24.1 Å². The summed E-state index contributed by atoms with van der Waals surface area (Å²) < 4.78 is 5.02. The van der Waals surface area contributed by atoms with Crippen LogP contribution in [0.2, 0.25) is 0 Å². The van der Waals surface area contributed by atoms with Gasteiger partial charge in [-0.25, -0.2) is 4.79 Å². The number of carbonyl (C=O) groups excluding carboxylic acids is 2. The third kappa shape index (κ3) is 4.66. The molecule has 0 spiro atoms. The number of aryl methyl sites for hydroxylation is 1. The minimum atomic E-state index is -1.41. The van der Waals surface area contributed by atoms with Crippen LogP contribution in [0, 0.1) is 6.92 Å². The molecule has 23 heavy (non-hydrogen) atoms. The van der Waals surface area contributed by atoms with Gasteiger partial charge in [0.25, 0.3) is 5.91 Å². The number of hydrogen-bond donors (Lipinski definition) is 2. The van der Waals surface area contributed by atoms with Crippen molar-refractivity contribution in [2.45, 2.75) is 26.1 Å². The van der Waals surface area contributed by atoms with Crippen LogP contribution in [0.4, 0.5) is 5.69 Å². The summed E-state index contributed by atoms with van der Waals surface area (Å²) in [6.07, 6.45) is -2.42. The normalized spacial score (nSPS) is 13.0. The molecule has 0 heterocycles. The Hall–Kier alpha value is -2.66. The Kier molecular flexibility index (Phi) is 5.49. The maximum absolute atomic E-state index is 12.0. The van der Waals surface area contributed by atoms with E-state index in [1.807, 2.05) is 19.1 Å². The van der Waals surface area contributed by atoms with Gasteiger partial charge in [0, 0.05) is 5.69 Å². The molecule has 5 nitrogen and oxygen atoms in total. The first-order valence-corrected chi connectivity index (χ1v) is 7.28. The fourth-order valence-electron chi connectivity index (χ4n) is 1.94. The van der Waals surface area contributed by atoms with E-state index in [0.29, 0.717) is 11.3 Å². The molecule has 2 aromatic rings. The highest BCUT2D eigenvalue weighted by Crippen LogP contribution is 2.15. The number of aliphatic hydroxyl groups excluding tert-OH is 1. The molecule has 0 aromatic heterocycles. The van der Waals surface area contributed by atoms with Gasteiger partial charge in [0.2, 0.25) is 0 Å². The SMILES string of the molecule is Cc1ccc(NC(=O)[C@H](C)OC(=O)[C@@H](O)c2ccccc2)cc1. The maximum Gasteiger partial charge on any atom is 0.340 e. The summed E-state index contributed by atoms with van der Waals surface area (Å²) in [6, 6.07) is 15.7. The second-order valence-electron chi connectivity index (χ2n) is 5.25. The van der Waals surface area contributed by atoms with Crippen LogP contribution in [0.15, 0.2) is 54.6 Å². The zero-order valence-corrected chi connectivity index (χ0v) is 13.0. The maximum atomic E-state index is 12.0. The number of nitrogens with one attached hydrogen (secondary N) is 1. The van der Waals surface area contributed by atoms with E-state index in [1.54, 1.807) is 42.5 Å². The van der Waals surface area contributed by atoms with Gasteiger partial charge in [0.15, 0.2) is 12.2 Å². The first kappa shape index (κ1) is 16.7. The van der Waals surface area contributed by atoms with Crippen LogP contribution < -0.4 is 5.32 Å². The predicted molar refractivity (Wildman–Crippen MR) is 86.8 cm³/mol. The molecule has 0 fully saturated rings. The van der Waals surface area contributed by atoms with Gasteiger partial charge in [-0.1, -0.05) is 48.0 Å². The summed E-state index contributed by atoms with van der Waals surface area (Å²) >= 11 is 0. The second-order valence-corrected chi connectivity index (χ2v) is 5.25. The molecule has 0 aliphatic rings. The number of esters is 1. The van der Waals surface area contributed by atoms with E-state index in [0.717, 1.165) is 5.56 Å². The number of rotatable bonds is 5. The summed E-state index contributed by atoms with van der Waals surface area (Å²) in [4.78, 5) is 23.9. The zero-order valence-electron chi connectivity index (χ0n) is 13.0. The van der Waals surface area contributed by atoms with Crippen molar-refractivity contribution in [1.82, 2.24) is 0 Å². The third-order valence-electron chi connectivity index (χ3n) is 3.32.